The zero-order valence-electron chi connectivity index (χ0n) is 22.3. The fourth-order valence-corrected chi connectivity index (χ4v) is 4.84. The van der Waals surface area contributed by atoms with Crippen molar-refractivity contribution in [3.63, 3.8) is 0 Å². The Morgan fingerprint density at radius 3 is 2.32 bits per heavy atom. The Hall–Kier alpha value is -2.75. The lowest BCUT2D eigenvalue weighted by molar-refractivity contribution is -0.122. The van der Waals surface area contributed by atoms with Crippen LogP contribution in [-0.2, 0) is 11.3 Å². The summed E-state index contributed by atoms with van der Waals surface area (Å²) >= 11 is 0. The van der Waals surface area contributed by atoms with Crippen LogP contribution in [0.15, 0.2) is 30.5 Å². The van der Waals surface area contributed by atoms with E-state index >= 15 is 0 Å². The predicted octanol–water partition coefficient (Wildman–Crippen LogP) is 2.90. The second-order valence-electron chi connectivity index (χ2n) is 10.4. The third-order valence-corrected chi connectivity index (χ3v) is 7.31. The SMILES string of the molecule is CN1CCN(Cc2ccc(-c3cnc4nc3NCCCC[C@H](N)C(=O)NCCCCCCN4)cc2)CC1. The number of carbonyl (C=O) groups excluding carboxylic acids is 1. The van der Waals surface area contributed by atoms with Gasteiger partial charge in [0.05, 0.1) is 6.04 Å². The molecule has 5 N–H and O–H groups in total. The Bertz CT molecular complexity index is 975. The van der Waals surface area contributed by atoms with Gasteiger partial charge in [-0.2, -0.15) is 4.98 Å². The molecular formula is C28H44N8O. The van der Waals surface area contributed by atoms with E-state index in [-0.39, 0.29) is 5.91 Å². The number of nitrogens with two attached hydrogens (primary N) is 1. The van der Waals surface area contributed by atoms with Gasteiger partial charge in [-0.3, -0.25) is 9.69 Å². The van der Waals surface area contributed by atoms with Crippen molar-refractivity contribution in [1.82, 2.24) is 25.1 Å². The van der Waals surface area contributed by atoms with Crippen LogP contribution in [0.4, 0.5) is 11.8 Å². The Kier molecular flexibility index (Phi) is 10.5. The van der Waals surface area contributed by atoms with Crippen molar-refractivity contribution in [1.29, 1.82) is 0 Å². The maximum Gasteiger partial charge on any atom is 0.236 e. The molecule has 0 radical (unpaired) electrons. The van der Waals surface area contributed by atoms with Crippen LogP contribution in [0.1, 0.15) is 50.5 Å². The summed E-state index contributed by atoms with van der Waals surface area (Å²) in [4.78, 5) is 26.5. The van der Waals surface area contributed by atoms with Crippen LogP contribution in [0.2, 0.25) is 0 Å². The van der Waals surface area contributed by atoms with E-state index in [1.807, 2.05) is 6.20 Å². The van der Waals surface area contributed by atoms with E-state index in [0.29, 0.717) is 18.9 Å². The van der Waals surface area contributed by atoms with Crippen molar-refractivity contribution in [2.45, 2.75) is 57.5 Å². The van der Waals surface area contributed by atoms with E-state index in [9.17, 15) is 4.79 Å². The molecule has 2 aromatic rings. The number of nitrogens with one attached hydrogen (secondary N) is 3. The highest BCUT2D eigenvalue weighted by Crippen LogP contribution is 2.27. The van der Waals surface area contributed by atoms with Crippen LogP contribution in [0, 0.1) is 0 Å². The van der Waals surface area contributed by atoms with Crippen molar-refractivity contribution < 1.29 is 4.79 Å². The normalized spacial score (nSPS) is 21.7. The molecule has 2 bridgehead atoms. The Balaban J connectivity index is 1.42. The smallest absolute Gasteiger partial charge is 0.236 e. The summed E-state index contributed by atoms with van der Waals surface area (Å²) < 4.78 is 0. The number of likely N-dealkylation sites (N-methyl/N-ethyl adjacent to an activating group) is 1. The fraction of sp³-hybridized carbons (Fsp3) is 0.607. The van der Waals surface area contributed by atoms with Crippen molar-refractivity contribution in [2.24, 2.45) is 5.73 Å². The quantitative estimate of drug-likeness (QED) is 0.501. The third-order valence-electron chi connectivity index (χ3n) is 7.31. The lowest BCUT2D eigenvalue weighted by Gasteiger charge is -2.32. The van der Waals surface area contributed by atoms with E-state index in [4.69, 9.17) is 10.7 Å². The summed E-state index contributed by atoms with van der Waals surface area (Å²) in [7, 11) is 2.19. The summed E-state index contributed by atoms with van der Waals surface area (Å²) in [5.41, 5.74) is 9.53. The average Bonchev–Trinajstić information content (AvgIpc) is 2.91. The van der Waals surface area contributed by atoms with Crippen LogP contribution in [0.5, 0.6) is 0 Å². The Morgan fingerprint density at radius 2 is 1.57 bits per heavy atom. The van der Waals surface area contributed by atoms with Gasteiger partial charge in [0.2, 0.25) is 11.9 Å². The molecule has 9 nitrogen and oxygen atoms in total. The highest BCUT2D eigenvalue weighted by atomic mass is 16.2. The molecule has 1 aromatic carbocycles. The van der Waals surface area contributed by atoms with Crippen molar-refractivity contribution in [3.8, 4) is 11.1 Å². The molecule has 37 heavy (non-hydrogen) atoms. The van der Waals surface area contributed by atoms with Gasteiger partial charge in [-0.05, 0) is 50.3 Å². The zero-order valence-corrected chi connectivity index (χ0v) is 22.3. The summed E-state index contributed by atoms with van der Waals surface area (Å²) in [6.07, 6.45) is 8.60. The fourth-order valence-electron chi connectivity index (χ4n) is 4.84. The van der Waals surface area contributed by atoms with E-state index in [0.717, 1.165) is 101 Å². The van der Waals surface area contributed by atoms with Crippen LogP contribution < -0.4 is 21.7 Å². The molecule has 1 amide bonds. The molecule has 1 saturated heterocycles. The number of fused-ring (bicyclic) bond motifs is 2. The van der Waals surface area contributed by atoms with E-state index in [2.05, 4.69) is 62.0 Å². The first-order valence-corrected chi connectivity index (χ1v) is 14.0. The number of hydrogen-bond donors (Lipinski definition) is 4. The first-order valence-electron chi connectivity index (χ1n) is 14.0. The predicted molar refractivity (Wildman–Crippen MR) is 151 cm³/mol. The molecule has 0 saturated carbocycles. The number of carbonyl (C=O) groups is 1. The van der Waals surface area contributed by atoms with Crippen molar-refractivity contribution in [3.05, 3.63) is 36.0 Å². The van der Waals surface area contributed by atoms with Crippen LogP contribution >= 0.6 is 0 Å². The third kappa shape index (κ3) is 8.66. The molecular weight excluding hydrogens is 464 g/mol. The minimum atomic E-state index is -0.436. The van der Waals surface area contributed by atoms with Gasteiger partial charge < -0.3 is 26.6 Å². The van der Waals surface area contributed by atoms with E-state index in [1.54, 1.807) is 0 Å². The van der Waals surface area contributed by atoms with Crippen molar-refractivity contribution in [2.75, 3.05) is 63.5 Å². The first-order chi connectivity index (χ1) is 18.1. The Morgan fingerprint density at radius 1 is 0.892 bits per heavy atom. The minimum absolute atomic E-state index is 0.0328. The number of anilines is 2. The maximum atomic E-state index is 12.2. The number of amides is 1. The first kappa shape index (κ1) is 27.3. The molecule has 0 unspecified atom stereocenters. The number of piperazine rings is 1. The summed E-state index contributed by atoms with van der Waals surface area (Å²) in [5.74, 6) is 1.47. The highest BCUT2D eigenvalue weighted by Gasteiger charge is 2.15. The number of hydrogen-bond acceptors (Lipinski definition) is 8. The number of benzene rings is 1. The second kappa shape index (κ2) is 14.3. The van der Waals surface area contributed by atoms with Gasteiger partial charge in [0.1, 0.15) is 5.82 Å². The molecule has 9 heteroatoms. The molecule has 2 aliphatic rings. The zero-order chi connectivity index (χ0) is 25.9. The summed E-state index contributed by atoms with van der Waals surface area (Å²) in [6.45, 7) is 7.77. The Labute approximate surface area is 221 Å². The van der Waals surface area contributed by atoms with Gasteiger partial charge in [-0.25, -0.2) is 4.98 Å². The minimum Gasteiger partial charge on any atom is -0.369 e. The van der Waals surface area contributed by atoms with Gasteiger partial charge in [-0.15, -0.1) is 0 Å². The molecule has 1 fully saturated rings. The highest BCUT2D eigenvalue weighted by molar-refractivity contribution is 5.81. The molecule has 0 spiro atoms. The van der Waals surface area contributed by atoms with E-state index < -0.39 is 6.04 Å². The van der Waals surface area contributed by atoms with Gasteiger partial charge >= 0.3 is 0 Å². The molecule has 1 atom stereocenters. The molecule has 202 valence electrons. The summed E-state index contributed by atoms with van der Waals surface area (Å²) in [6, 6.07) is 8.37. The van der Waals surface area contributed by atoms with Crippen LogP contribution in [-0.4, -0.2) is 84.6 Å². The molecule has 4 rings (SSSR count). The average molecular weight is 509 g/mol. The monoisotopic (exact) mass is 508 g/mol. The second-order valence-corrected chi connectivity index (χ2v) is 10.4. The molecule has 3 heterocycles. The molecule has 1 aromatic heterocycles. The van der Waals surface area contributed by atoms with Gasteiger partial charge in [0.15, 0.2) is 0 Å². The standard InChI is InChI=1S/C28H44N8O/c1-35-16-18-36(19-17-35)21-22-9-11-23(12-10-22)24-20-33-28-32-15-6-3-2-5-14-31-27(37)25(29)8-4-7-13-30-26(24)34-28/h9-12,20,25H,2-8,13-19,21,29H2,1H3,(H,31,37)(H2,30,32,33,34)/t25-/m0/s1. The topological polar surface area (TPSA) is 111 Å². The maximum absolute atomic E-state index is 12.2. The van der Waals surface area contributed by atoms with Crippen LogP contribution in [0.25, 0.3) is 11.1 Å². The lowest BCUT2D eigenvalue weighted by Crippen LogP contribution is -2.43. The lowest BCUT2D eigenvalue weighted by atomic mass is 10.0. The number of aromatic nitrogens is 2. The van der Waals surface area contributed by atoms with E-state index in [1.165, 1.54) is 5.56 Å². The molecule has 0 aliphatic carbocycles. The van der Waals surface area contributed by atoms with Crippen molar-refractivity contribution >= 4 is 17.7 Å². The number of rotatable bonds is 3. The van der Waals surface area contributed by atoms with Gasteiger partial charge in [0.25, 0.3) is 0 Å². The largest absolute Gasteiger partial charge is 0.369 e. The number of nitrogens with zero attached hydrogens (tertiary/aromatic N) is 4. The summed E-state index contributed by atoms with van der Waals surface area (Å²) in [5, 5.41) is 9.88. The van der Waals surface area contributed by atoms with Crippen LogP contribution in [0.3, 0.4) is 0 Å². The van der Waals surface area contributed by atoms with Gasteiger partial charge in [-0.1, -0.05) is 37.1 Å². The van der Waals surface area contributed by atoms with Gasteiger partial charge in [0, 0.05) is 64.1 Å². The molecule has 2 aliphatic heterocycles.